The second kappa shape index (κ2) is 11.4. The monoisotopic (exact) mass is 597 g/mol. The molecule has 5 aliphatic heterocycles. The van der Waals surface area contributed by atoms with E-state index in [9.17, 15) is 44.3 Å². The van der Waals surface area contributed by atoms with Crippen LogP contribution in [0.4, 0.5) is 4.79 Å². The lowest BCUT2D eigenvalue weighted by atomic mass is 10.1. The number of nitrogens with one attached hydrogen (secondary N) is 4. The highest BCUT2D eigenvalue weighted by Gasteiger charge is 2.55. The van der Waals surface area contributed by atoms with Gasteiger partial charge in [0.2, 0.25) is 11.8 Å². The van der Waals surface area contributed by atoms with Gasteiger partial charge in [-0.3, -0.25) is 45.2 Å². The molecule has 0 radical (unpaired) electrons. The Hall–Kier alpha value is -1.88. The maximum atomic E-state index is 12.8. The predicted octanol–water partition coefficient (Wildman–Crippen LogP) is -6.53. The van der Waals surface area contributed by atoms with Crippen LogP contribution in [0.1, 0.15) is 6.42 Å². The average molecular weight is 597 g/mol. The third kappa shape index (κ3) is 5.61. The summed E-state index contributed by atoms with van der Waals surface area (Å²) in [5, 5.41) is 51.8. The summed E-state index contributed by atoms with van der Waals surface area (Å²) in [4.78, 5) is 48.5. The molecule has 0 bridgehead atoms. The number of amides is 4. The molecule has 0 aliphatic carbocycles. The molecule has 4 amide bonds. The van der Waals surface area contributed by atoms with Crippen molar-refractivity contribution in [3.63, 3.8) is 0 Å². The number of carbonyl (C=O) groups is 3. The Balaban J connectivity index is 1.19. The number of aliphatic hydroxyl groups is 4. The molecule has 5 heterocycles. The summed E-state index contributed by atoms with van der Waals surface area (Å²) in [6.07, 6.45) is -13.2. The Kier molecular flexibility index (Phi) is 8.45. The van der Waals surface area contributed by atoms with Gasteiger partial charge in [-0.05, 0) is 0 Å². The van der Waals surface area contributed by atoms with Crippen LogP contribution in [-0.2, 0) is 32.7 Å². The number of carbonyl (C=O) groups excluding carboxylic acids is 3. The van der Waals surface area contributed by atoms with Crippen LogP contribution in [-0.4, -0.2) is 147 Å². The summed E-state index contributed by atoms with van der Waals surface area (Å²) in [6.45, 7) is -1.51. The van der Waals surface area contributed by atoms with Crippen LogP contribution >= 0.6 is 7.82 Å². The van der Waals surface area contributed by atoms with E-state index in [1.165, 1.54) is 4.90 Å². The number of rotatable bonds is 8. The number of urea groups is 1. The maximum absolute atomic E-state index is 12.8. The summed E-state index contributed by atoms with van der Waals surface area (Å²) < 4.78 is 34.0. The van der Waals surface area contributed by atoms with Crippen molar-refractivity contribution in [2.75, 3.05) is 26.4 Å². The Morgan fingerprint density at radius 1 is 1.07 bits per heavy atom. The summed E-state index contributed by atoms with van der Waals surface area (Å²) in [5.74, 6) is -0.900. The summed E-state index contributed by atoms with van der Waals surface area (Å²) in [7, 11) is -5.00. The normalized spacial score (nSPS) is 43.9. The first kappa shape index (κ1) is 29.6. The minimum atomic E-state index is -5.00. The van der Waals surface area contributed by atoms with Crippen molar-refractivity contribution in [2.45, 2.75) is 74.0 Å². The lowest BCUT2D eigenvalue weighted by Gasteiger charge is -2.37. The van der Waals surface area contributed by atoms with Crippen LogP contribution in [0.2, 0.25) is 0 Å². The molecule has 21 heteroatoms. The molecular weight excluding hydrogens is 565 g/mol. The lowest BCUT2D eigenvalue weighted by Crippen LogP contribution is -2.71. The molecule has 5 aliphatic rings. The maximum Gasteiger partial charge on any atom is 0.472 e. The first-order chi connectivity index (χ1) is 18.9. The second-order valence-electron chi connectivity index (χ2n) is 9.87. The Bertz CT molecular complexity index is 1060. The third-order valence-corrected chi connectivity index (χ3v) is 8.29. The summed E-state index contributed by atoms with van der Waals surface area (Å²) in [5.41, 5.74) is 5.78. The number of fused-ring (bicyclic) bond motifs is 1. The Morgan fingerprint density at radius 2 is 1.80 bits per heavy atom. The SMILES string of the molecule is NC1NC(=O)C2NCN(C3OC(CO)C(OP(=O)(O)OCC4OC(N5CCC(=O)NC5=O)C(O)C4O)C3O)C2N1. The van der Waals surface area contributed by atoms with Gasteiger partial charge in [-0.25, -0.2) is 14.3 Å². The number of imide groups is 1. The van der Waals surface area contributed by atoms with Crippen molar-refractivity contribution in [1.29, 1.82) is 0 Å². The van der Waals surface area contributed by atoms with Gasteiger partial charge in [0.15, 0.2) is 6.23 Å². The van der Waals surface area contributed by atoms with Gasteiger partial charge in [-0.1, -0.05) is 0 Å². The van der Waals surface area contributed by atoms with Crippen molar-refractivity contribution in [1.82, 2.24) is 31.1 Å². The summed E-state index contributed by atoms with van der Waals surface area (Å²) in [6, 6.07) is -1.57. The van der Waals surface area contributed by atoms with E-state index in [2.05, 4.69) is 21.3 Å². The number of phosphoric ester groups is 1. The van der Waals surface area contributed by atoms with Gasteiger partial charge in [0.05, 0.1) is 26.0 Å². The molecule has 0 aromatic heterocycles. The van der Waals surface area contributed by atoms with E-state index in [1.54, 1.807) is 0 Å². The molecule has 5 saturated heterocycles. The fraction of sp³-hybridized carbons (Fsp3) is 0.842. The molecular formula is C19H32N7O13P. The average Bonchev–Trinajstić information content (AvgIpc) is 3.53. The third-order valence-electron chi connectivity index (χ3n) is 7.30. The van der Waals surface area contributed by atoms with E-state index in [1.807, 2.05) is 0 Å². The predicted molar refractivity (Wildman–Crippen MR) is 125 cm³/mol. The highest BCUT2D eigenvalue weighted by Crippen LogP contribution is 2.48. The van der Waals surface area contributed by atoms with Crippen molar-refractivity contribution in [3.8, 4) is 0 Å². The first-order valence-corrected chi connectivity index (χ1v) is 13.9. The van der Waals surface area contributed by atoms with E-state index in [4.69, 9.17) is 24.3 Å². The first-order valence-electron chi connectivity index (χ1n) is 12.4. The van der Waals surface area contributed by atoms with Gasteiger partial charge in [0.1, 0.15) is 55.2 Å². The van der Waals surface area contributed by atoms with Crippen LogP contribution in [0.15, 0.2) is 0 Å². The topological polar surface area (TPSA) is 287 Å². The number of hydrogen-bond acceptors (Lipinski definition) is 16. The van der Waals surface area contributed by atoms with Gasteiger partial charge in [-0.15, -0.1) is 0 Å². The molecule has 20 nitrogen and oxygen atoms in total. The minimum absolute atomic E-state index is 0.0565. The van der Waals surface area contributed by atoms with Crippen LogP contribution in [0.3, 0.4) is 0 Å². The highest BCUT2D eigenvalue weighted by atomic mass is 31.2. The summed E-state index contributed by atoms with van der Waals surface area (Å²) >= 11 is 0. The van der Waals surface area contributed by atoms with Crippen molar-refractivity contribution in [3.05, 3.63) is 0 Å². The molecule has 0 spiro atoms. The van der Waals surface area contributed by atoms with Crippen LogP contribution in [0.5, 0.6) is 0 Å². The number of hydrogen-bond donors (Lipinski definition) is 10. The van der Waals surface area contributed by atoms with Gasteiger partial charge >= 0.3 is 13.9 Å². The number of phosphoric acid groups is 1. The molecule has 5 fully saturated rings. The Morgan fingerprint density at radius 3 is 2.50 bits per heavy atom. The standard InChI is InChI=1S/C19H32N7O13P/c20-18-23-14-9(15(32)24-18)21-5-26(14)17-12(31)13(6(3-27)37-17)39-40(34,35)36-4-7-10(29)11(30)16(38-7)25-2-1-8(28)22-19(25)33/h6-7,9-14,16-18,21,23,27,29-31H,1-5,20H2,(H,24,32)(H,34,35)(H,22,28,33). The highest BCUT2D eigenvalue weighted by molar-refractivity contribution is 7.47. The zero-order valence-electron chi connectivity index (χ0n) is 20.8. The van der Waals surface area contributed by atoms with Gasteiger partial charge in [0.25, 0.3) is 0 Å². The largest absolute Gasteiger partial charge is 0.472 e. The Labute approximate surface area is 226 Å². The van der Waals surface area contributed by atoms with Crippen molar-refractivity contribution in [2.24, 2.45) is 5.73 Å². The molecule has 11 N–H and O–H groups in total. The van der Waals surface area contributed by atoms with Crippen LogP contribution in [0.25, 0.3) is 0 Å². The smallest absolute Gasteiger partial charge is 0.394 e. The van der Waals surface area contributed by atoms with Gasteiger partial charge < -0.3 is 40.1 Å². The minimum Gasteiger partial charge on any atom is -0.394 e. The molecule has 0 saturated carbocycles. The van der Waals surface area contributed by atoms with E-state index >= 15 is 0 Å². The number of nitrogens with zero attached hydrogens (tertiary/aromatic N) is 2. The molecule has 0 aromatic rings. The van der Waals surface area contributed by atoms with Crippen LogP contribution < -0.4 is 27.0 Å². The second-order valence-corrected chi connectivity index (χ2v) is 11.3. The molecule has 12 atom stereocenters. The number of nitrogens with two attached hydrogens (primary N) is 1. The van der Waals surface area contributed by atoms with Crippen LogP contribution in [0, 0.1) is 0 Å². The number of ether oxygens (including phenoxy) is 2. The number of aliphatic hydroxyl groups excluding tert-OH is 4. The molecule has 5 rings (SSSR count). The molecule has 226 valence electrons. The van der Waals surface area contributed by atoms with E-state index < -0.39 is 101 Å². The zero-order chi connectivity index (χ0) is 28.9. The van der Waals surface area contributed by atoms with E-state index in [0.29, 0.717) is 0 Å². The molecule has 12 unspecified atom stereocenters. The van der Waals surface area contributed by atoms with Gasteiger partial charge in [0, 0.05) is 13.0 Å². The van der Waals surface area contributed by atoms with Crippen molar-refractivity contribution < 1.29 is 62.8 Å². The fourth-order valence-electron chi connectivity index (χ4n) is 5.32. The van der Waals surface area contributed by atoms with E-state index in [-0.39, 0.29) is 25.5 Å². The van der Waals surface area contributed by atoms with Crippen molar-refractivity contribution >= 4 is 25.7 Å². The van der Waals surface area contributed by atoms with E-state index in [0.717, 1.165) is 4.90 Å². The zero-order valence-corrected chi connectivity index (χ0v) is 21.7. The fourth-order valence-corrected chi connectivity index (χ4v) is 6.28. The lowest BCUT2D eigenvalue weighted by molar-refractivity contribution is -0.133. The van der Waals surface area contributed by atoms with Gasteiger partial charge in [-0.2, -0.15) is 0 Å². The molecule has 40 heavy (non-hydrogen) atoms. The quantitative estimate of drug-likeness (QED) is 0.116. The molecule has 0 aromatic carbocycles.